The van der Waals surface area contributed by atoms with E-state index in [1.54, 1.807) is 0 Å². The summed E-state index contributed by atoms with van der Waals surface area (Å²) < 4.78 is 78.6. The van der Waals surface area contributed by atoms with Gasteiger partial charge in [0.15, 0.2) is 11.4 Å². The number of aromatic amines is 1. The van der Waals surface area contributed by atoms with Crippen LogP contribution >= 0.6 is 0 Å². The maximum Gasteiger partial charge on any atom is 0.422 e. The Morgan fingerprint density at radius 3 is 2.44 bits per heavy atom. The van der Waals surface area contributed by atoms with Crippen LogP contribution in [0, 0.1) is 0 Å². The number of fused-ring (bicyclic) bond motifs is 1. The molecule has 2 heterocycles. The number of hydrogen-bond donors (Lipinski definition) is 3. The van der Waals surface area contributed by atoms with Crippen molar-refractivity contribution in [2.24, 2.45) is 0 Å². The van der Waals surface area contributed by atoms with Crippen molar-refractivity contribution in [2.75, 3.05) is 5.32 Å². The first-order valence-electron chi connectivity index (χ1n) is 6.79. The van der Waals surface area contributed by atoms with Gasteiger partial charge in [-0.2, -0.15) is 31.4 Å². The molecule has 1 aromatic carbocycles. The molecule has 25 heavy (non-hydrogen) atoms. The molecule has 2 aromatic rings. The summed E-state index contributed by atoms with van der Waals surface area (Å²) in [5.41, 5.74) is -6.19. The molecular formula is C14H9F6N3O2. The quantitative estimate of drug-likeness (QED) is 0.680. The zero-order valence-corrected chi connectivity index (χ0v) is 12.1. The van der Waals surface area contributed by atoms with Crippen LogP contribution in [0.25, 0.3) is 11.3 Å². The van der Waals surface area contributed by atoms with E-state index in [1.165, 1.54) is 0 Å². The molecule has 134 valence electrons. The van der Waals surface area contributed by atoms with E-state index in [1.807, 2.05) is 0 Å². The molecule has 0 saturated carbocycles. The van der Waals surface area contributed by atoms with Gasteiger partial charge >= 0.3 is 12.4 Å². The van der Waals surface area contributed by atoms with Crippen molar-refractivity contribution in [3.8, 4) is 11.3 Å². The lowest BCUT2D eigenvalue weighted by Gasteiger charge is -2.33. The van der Waals surface area contributed by atoms with Gasteiger partial charge in [0.05, 0.1) is 23.2 Å². The van der Waals surface area contributed by atoms with Crippen LogP contribution in [0.1, 0.15) is 17.5 Å². The smallest absolute Gasteiger partial charge is 0.376 e. The largest absolute Gasteiger partial charge is 0.422 e. The molecular weight excluding hydrogens is 356 g/mol. The second kappa shape index (κ2) is 5.22. The molecule has 0 bridgehead atoms. The van der Waals surface area contributed by atoms with Crippen molar-refractivity contribution in [1.29, 1.82) is 0 Å². The highest BCUT2D eigenvalue weighted by molar-refractivity contribution is 5.96. The zero-order valence-electron chi connectivity index (χ0n) is 12.1. The van der Waals surface area contributed by atoms with E-state index in [2.05, 4.69) is 15.5 Å². The second-order valence-electron chi connectivity index (χ2n) is 5.48. The molecule has 0 radical (unpaired) electrons. The molecule has 0 aliphatic carbocycles. The van der Waals surface area contributed by atoms with Gasteiger partial charge in [-0.1, -0.05) is 12.1 Å². The monoisotopic (exact) mass is 365 g/mol. The summed E-state index contributed by atoms with van der Waals surface area (Å²) in [7, 11) is 0. The number of carbonyl (C=O) groups excluding carboxylic acids is 1. The summed E-state index contributed by atoms with van der Waals surface area (Å²) in [5, 5.41) is 17.8. The number of nitrogens with zero attached hydrogens (tertiary/aromatic N) is 1. The highest BCUT2D eigenvalue weighted by Gasteiger charge is 2.60. The molecule has 0 fully saturated rings. The summed E-state index contributed by atoms with van der Waals surface area (Å²) in [6.45, 7) is 0. The van der Waals surface area contributed by atoms with Gasteiger partial charge in [-0.15, -0.1) is 0 Å². The number of H-pyrrole nitrogens is 1. The van der Waals surface area contributed by atoms with Crippen LogP contribution in [0.3, 0.4) is 0 Å². The molecule has 0 spiro atoms. The number of benzene rings is 1. The molecule has 1 unspecified atom stereocenters. The van der Waals surface area contributed by atoms with E-state index in [0.29, 0.717) is 6.07 Å². The number of aromatic nitrogens is 2. The average molecular weight is 365 g/mol. The van der Waals surface area contributed by atoms with Gasteiger partial charge in [0.25, 0.3) is 0 Å². The van der Waals surface area contributed by atoms with Gasteiger partial charge < -0.3 is 10.4 Å². The number of carbonyl (C=O) groups is 1. The Labute approximate surface area is 135 Å². The minimum Gasteiger partial charge on any atom is -0.376 e. The van der Waals surface area contributed by atoms with Gasteiger partial charge in [0.1, 0.15) is 0 Å². The number of amides is 1. The fraction of sp³-hybridized carbons (Fsp3) is 0.286. The third-order valence-corrected chi connectivity index (χ3v) is 3.80. The average Bonchev–Trinajstić information content (AvgIpc) is 2.89. The summed E-state index contributed by atoms with van der Waals surface area (Å²) in [5.74, 6) is -1.70. The van der Waals surface area contributed by atoms with Crippen LogP contribution in [0.2, 0.25) is 0 Å². The summed E-state index contributed by atoms with van der Waals surface area (Å²) in [6.07, 6.45) is -11.3. The van der Waals surface area contributed by atoms with Crippen molar-refractivity contribution >= 4 is 11.7 Å². The number of halogens is 6. The maximum atomic E-state index is 13.4. The first kappa shape index (κ1) is 17.3. The van der Waals surface area contributed by atoms with Gasteiger partial charge in [0, 0.05) is 5.56 Å². The van der Waals surface area contributed by atoms with Crippen molar-refractivity contribution in [1.82, 2.24) is 10.2 Å². The normalized spacial score (nSPS) is 21.0. The zero-order chi connectivity index (χ0) is 18.6. The molecule has 3 N–H and O–H groups in total. The Hall–Kier alpha value is -2.56. The molecule has 11 heteroatoms. The Morgan fingerprint density at radius 1 is 1.16 bits per heavy atom. The lowest BCUT2D eigenvalue weighted by molar-refractivity contribution is -0.267. The summed E-state index contributed by atoms with van der Waals surface area (Å²) in [4.78, 5) is 11.4. The maximum absolute atomic E-state index is 13.4. The van der Waals surface area contributed by atoms with Crippen LogP contribution in [0.4, 0.5) is 32.2 Å². The minimum absolute atomic E-state index is 0.262. The third kappa shape index (κ3) is 2.73. The molecule has 1 amide bonds. The fourth-order valence-corrected chi connectivity index (χ4v) is 2.63. The van der Waals surface area contributed by atoms with Crippen molar-refractivity contribution in [2.45, 2.75) is 24.4 Å². The number of aliphatic hydroxyl groups is 1. The number of alkyl halides is 6. The van der Waals surface area contributed by atoms with E-state index in [0.717, 1.165) is 18.2 Å². The van der Waals surface area contributed by atoms with Crippen molar-refractivity contribution in [3.63, 3.8) is 0 Å². The topological polar surface area (TPSA) is 78.0 Å². The standard InChI is InChI=1S/C14H9F6N3O2/c15-13(16,17)7-3-1-2-6(4-7)10-9-11(23-22-10)21-8(24)5-12(9,25)14(18,19)20/h1-4,25H,5H2,(H2,21,22,23,24). The SMILES string of the molecule is O=C1CC(O)(C(F)(F)F)c2c(n[nH]c2-c2cccc(C(F)(F)F)c2)N1. The van der Waals surface area contributed by atoms with Crippen molar-refractivity contribution < 1.29 is 36.2 Å². The van der Waals surface area contributed by atoms with Gasteiger partial charge in [-0.3, -0.25) is 9.89 Å². The van der Waals surface area contributed by atoms with Gasteiger partial charge in [-0.25, -0.2) is 0 Å². The van der Waals surface area contributed by atoms with Crippen LogP contribution in [-0.2, 0) is 16.6 Å². The van der Waals surface area contributed by atoms with E-state index >= 15 is 0 Å². The Bertz CT molecular complexity index is 842. The first-order valence-corrected chi connectivity index (χ1v) is 6.79. The van der Waals surface area contributed by atoms with Gasteiger partial charge in [0.2, 0.25) is 5.91 Å². The Balaban J connectivity index is 2.21. The number of hydrogen-bond acceptors (Lipinski definition) is 3. The third-order valence-electron chi connectivity index (χ3n) is 3.80. The molecule has 1 aliphatic rings. The number of nitrogens with one attached hydrogen (secondary N) is 2. The molecule has 3 rings (SSSR count). The van der Waals surface area contributed by atoms with Crippen LogP contribution < -0.4 is 5.32 Å². The first-order chi connectivity index (χ1) is 11.4. The van der Waals surface area contributed by atoms with E-state index in [-0.39, 0.29) is 5.56 Å². The minimum atomic E-state index is -5.24. The fourth-order valence-electron chi connectivity index (χ4n) is 2.63. The number of rotatable bonds is 1. The van der Waals surface area contributed by atoms with Crippen LogP contribution in [0.15, 0.2) is 24.3 Å². The van der Waals surface area contributed by atoms with E-state index in [4.69, 9.17) is 0 Å². The molecule has 1 aliphatic heterocycles. The van der Waals surface area contributed by atoms with Crippen LogP contribution in [-0.4, -0.2) is 27.4 Å². The predicted octanol–water partition coefficient (Wildman–Crippen LogP) is 3.19. The van der Waals surface area contributed by atoms with E-state index < -0.39 is 52.9 Å². The molecule has 1 aromatic heterocycles. The molecule has 1 atom stereocenters. The highest BCUT2D eigenvalue weighted by Crippen LogP contribution is 2.49. The second-order valence-corrected chi connectivity index (χ2v) is 5.48. The van der Waals surface area contributed by atoms with E-state index in [9.17, 15) is 36.2 Å². The van der Waals surface area contributed by atoms with Crippen LogP contribution in [0.5, 0.6) is 0 Å². The number of anilines is 1. The lowest BCUT2D eigenvalue weighted by atomic mass is 9.84. The molecule has 5 nitrogen and oxygen atoms in total. The molecule has 0 saturated heterocycles. The highest BCUT2D eigenvalue weighted by atomic mass is 19.4. The predicted molar refractivity (Wildman–Crippen MR) is 72.2 cm³/mol. The summed E-state index contributed by atoms with van der Waals surface area (Å²) >= 11 is 0. The lowest BCUT2D eigenvalue weighted by Crippen LogP contribution is -2.48. The Morgan fingerprint density at radius 2 is 1.84 bits per heavy atom. The van der Waals surface area contributed by atoms with Crippen molar-refractivity contribution in [3.05, 3.63) is 35.4 Å². The van der Waals surface area contributed by atoms with Gasteiger partial charge in [-0.05, 0) is 12.1 Å². The Kier molecular flexibility index (Phi) is 3.60. The summed E-state index contributed by atoms with van der Waals surface area (Å²) in [6, 6.07) is 3.53.